The van der Waals surface area contributed by atoms with Crippen molar-refractivity contribution in [3.8, 4) is 0 Å². The van der Waals surface area contributed by atoms with Crippen molar-refractivity contribution in [2.75, 3.05) is 13.7 Å². The third kappa shape index (κ3) is 2.82. The van der Waals surface area contributed by atoms with E-state index >= 15 is 0 Å². The Morgan fingerprint density at radius 1 is 1.58 bits per heavy atom. The van der Waals surface area contributed by atoms with E-state index in [-0.39, 0.29) is 6.61 Å². The van der Waals surface area contributed by atoms with Gasteiger partial charge < -0.3 is 18.9 Å². The minimum Gasteiger partial charge on any atom is -0.368 e. The van der Waals surface area contributed by atoms with Gasteiger partial charge in [0, 0.05) is 18.9 Å². The van der Waals surface area contributed by atoms with Gasteiger partial charge in [0.05, 0.1) is 6.61 Å². The monoisotopic (exact) mass is 378 g/mol. The Labute approximate surface area is 142 Å². The lowest BCUT2D eigenvalue weighted by atomic mass is 9.96. The molecule has 2 fully saturated rings. The van der Waals surface area contributed by atoms with Crippen LogP contribution in [-0.4, -0.2) is 46.0 Å². The Hall–Kier alpha value is -0.870. The number of rotatable bonds is 5. The predicted octanol–water partition coefficient (Wildman–Crippen LogP) is 0.170. The van der Waals surface area contributed by atoms with Crippen LogP contribution in [0.4, 0.5) is 0 Å². The smallest absolute Gasteiger partial charge is 0.330 e. The maximum absolute atomic E-state index is 12.1. The van der Waals surface area contributed by atoms with Crippen LogP contribution in [0.15, 0.2) is 15.8 Å². The third-order valence-corrected chi connectivity index (χ3v) is 6.13. The lowest BCUT2D eigenvalue weighted by molar-refractivity contribution is -0.175. The van der Waals surface area contributed by atoms with Crippen molar-refractivity contribution < 1.29 is 23.4 Å². The Morgan fingerprint density at radius 3 is 2.92 bits per heavy atom. The van der Waals surface area contributed by atoms with Gasteiger partial charge in [-0.15, -0.1) is 0 Å². The van der Waals surface area contributed by atoms with E-state index in [1.165, 1.54) is 17.9 Å². The SMILES string of the molecule is CC[C@]12COC(C1OP(O)(=S)OC)[C@H](n1cc(C)c(=O)[nH]c1=O)O2. The molecule has 0 radical (unpaired) electrons. The van der Waals surface area contributed by atoms with E-state index in [0.29, 0.717) is 12.0 Å². The van der Waals surface area contributed by atoms with Gasteiger partial charge in [0.25, 0.3) is 5.56 Å². The van der Waals surface area contributed by atoms with E-state index in [4.69, 9.17) is 30.3 Å². The van der Waals surface area contributed by atoms with Crippen LogP contribution in [0, 0.1) is 6.92 Å². The van der Waals surface area contributed by atoms with Gasteiger partial charge in [-0.1, -0.05) is 6.92 Å². The van der Waals surface area contributed by atoms with E-state index in [1.54, 1.807) is 6.92 Å². The first-order valence-corrected chi connectivity index (χ1v) is 10.0. The number of aromatic amines is 1. The van der Waals surface area contributed by atoms with Crippen LogP contribution in [0.3, 0.4) is 0 Å². The molecule has 1 aromatic rings. The molecule has 0 amide bonds. The number of ether oxygens (including phenoxy) is 2. The zero-order valence-electron chi connectivity index (χ0n) is 13.4. The molecule has 0 aromatic carbocycles. The summed E-state index contributed by atoms with van der Waals surface area (Å²) in [4.78, 5) is 35.9. The van der Waals surface area contributed by atoms with E-state index < -0.39 is 42.0 Å². The zero-order valence-corrected chi connectivity index (χ0v) is 15.1. The largest absolute Gasteiger partial charge is 0.368 e. The normalized spacial score (nSPS) is 34.4. The molecule has 2 aliphatic rings. The molecule has 0 saturated carbocycles. The summed E-state index contributed by atoms with van der Waals surface area (Å²) in [6.07, 6.45) is -0.179. The zero-order chi connectivity index (χ0) is 17.7. The molecule has 3 unspecified atom stereocenters. The summed E-state index contributed by atoms with van der Waals surface area (Å²) < 4.78 is 23.5. The number of aryl methyl sites for hydroxylation is 1. The number of nitrogens with one attached hydrogen (secondary N) is 1. The lowest BCUT2D eigenvalue weighted by Crippen LogP contribution is -2.42. The minimum absolute atomic E-state index is 0.255. The molecule has 24 heavy (non-hydrogen) atoms. The maximum Gasteiger partial charge on any atom is 0.330 e. The number of fused-ring (bicyclic) bond motifs is 2. The van der Waals surface area contributed by atoms with Crippen LogP contribution >= 0.6 is 6.72 Å². The van der Waals surface area contributed by atoms with Gasteiger partial charge in [-0.2, -0.15) is 0 Å². The first-order valence-electron chi connectivity index (χ1n) is 7.41. The highest BCUT2D eigenvalue weighted by atomic mass is 32.5. The lowest BCUT2D eigenvalue weighted by Gasteiger charge is -2.31. The van der Waals surface area contributed by atoms with E-state index in [0.717, 1.165) is 0 Å². The van der Waals surface area contributed by atoms with E-state index in [2.05, 4.69) is 4.98 Å². The van der Waals surface area contributed by atoms with Crippen LogP contribution in [0.1, 0.15) is 25.1 Å². The topological polar surface area (TPSA) is 112 Å². The first-order chi connectivity index (χ1) is 11.2. The highest BCUT2D eigenvalue weighted by Crippen LogP contribution is 2.55. The van der Waals surface area contributed by atoms with Crippen molar-refractivity contribution in [3.05, 3.63) is 32.6 Å². The molecule has 134 valence electrons. The molecular weight excluding hydrogens is 359 g/mol. The third-order valence-electron chi connectivity index (χ3n) is 4.47. The van der Waals surface area contributed by atoms with Crippen molar-refractivity contribution in [1.82, 2.24) is 9.55 Å². The number of hydrogen-bond donors (Lipinski definition) is 2. The highest BCUT2D eigenvalue weighted by molar-refractivity contribution is 8.07. The molecule has 5 atom stereocenters. The van der Waals surface area contributed by atoms with Crippen molar-refractivity contribution in [1.29, 1.82) is 0 Å². The van der Waals surface area contributed by atoms with Gasteiger partial charge >= 0.3 is 12.4 Å². The Kier molecular flexibility index (Phi) is 4.59. The quantitative estimate of drug-likeness (QED) is 0.698. The fourth-order valence-corrected chi connectivity index (χ4v) is 4.03. The molecule has 2 aliphatic heterocycles. The number of H-pyrrole nitrogens is 1. The van der Waals surface area contributed by atoms with Gasteiger partial charge in [-0.25, -0.2) is 4.79 Å². The fraction of sp³-hybridized carbons (Fsp3) is 0.692. The van der Waals surface area contributed by atoms with Crippen LogP contribution in [0.5, 0.6) is 0 Å². The molecule has 11 heteroatoms. The summed E-state index contributed by atoms with van der Waals surface area (Å²) >= 11 is 4.93. The molecular formula is C13H19N2O7PS. The molecule has 9 nitrogen and oxygen atoms in total. The Balaban J connectivity index is 2.00. The minimum atomic E-state index is -3.43. The van der Waals surface area contributed by atoms with Gasteiger partial charge in [-0.05, 0) is 25.2 Å². The van der Waals surface area contributed by atoms with Crippen molar-refractivity contribution in [2.45, 2.75) is 44.3 Å². The average Bonchev–Trinajstić information content (AvgIpc) is 3.03. The first kappa shape index (κ1) is 17.9. The predicted molar refractivity (Wildman–Crippen MR) is 87.3 cm³/mol. The summed E-state index contributed by atoms with van der Waals surface area (Å²) in [6, 6.07) is 0. The van der Waals surface area contributed by atoms with Gasteiger partial charge in [0.1, 0.15) is 17.8 Å². The van der Waals surface area contributed by atoms with Crippen LogP contribution in [-0.2, 0) is 30.3 Å². The van der Waals surface area contributed by atoms with Crippen molar-refractivity contribution >= 4 is 18.5 Å². The highest BCUT2D eigenvalue weighted by Gasteiger charge is 2.63. The van der Waals surface area contributed by atoms with Crippen LogP contribution < -0.4 is 11.2 Å². The molecule has 3 rings (SSSR count). The molecule has 1 aromatic heterocycles. The summed E-state index contributed by atoms with van der Waals surface area (Å²) in [5, 5.41) is 0. The number of aromatic nitrogens is 2. The number of hydrogen-bond acceptors (Lipinski definition) is 7. The van der Waals surface area contributed by atoms with Gasteiger partial charge in [0.2, 0.25) is 0 Å². The van der Waals surface area contributed by atoms with E-state index in [9.17, 15) is 14.5 Å². The second kappa shape index (κ2) is 6.14. The van der Waals surface area contributed by atoms with E-state index in [1.807, 2.05) is 6.92 Å². The molecule has 0 spiro atoms. The average molecular weight is 378 g/mol. The summed E-state index contributed by atoms with van der Waals surface area (Å²) in [5.74, 6) is 0. The summed E-state index contributed by atoms with van der Waals surface area (Å²) in [7, 11) is 1.27. The summed E-state index contributed by atoms with van der Waals surface area (Å²) in [6.45, 7) is 0.299. The van der Waals surface area contributed by atoms with Crippen LogP contribution in [0.2, 0.25) is 0 Å². The van der Waals surface area contributed by atoms with Crippen LogP contribution in [0.25, 0.3) is 0 Å². The van der Waals surface area contributed by atoms with Crippen molar-refractivity contribution in [3.63, 3.8) is 0 Å². The van der Waals surface area contributed by atoms with Gasteiger partial charge in [0.15, 0.2) is 6.23 Å². The Bertz CT molecular complexity index is 808. The fourth-order valence-electron chi connectivity index (χ4n) is 3.07. The molecule has 2 bridgehead atoms. The van der Waals surface area contributed by atoms with Crippen molar-refractivity contribution in [2.24, 2.45) is 0 Å². The Morgan fingerprint density at radius 2 is 2.29 bits per heavy atom. The second-order valence-corrected chi connectivity index (χ2v) is 8.76. The number of nitrogens with zero attached hydrogens (tertiary/aromatic N) is 1. The molecule has 3 heterocycles. The second-order valence-electron chi connectivity index (χ2n) is 5.86. The molecule has 2 N–H and O–H groups in total. The molecule has 0 aliphatic carbocycles. The maximum atomic E-state index is 12.1. The molecule has 2 saturated heterocycles. The summed E-state index contributed by atoms with van der Waals surface area (Å²) in [5.41, 5.74) is -1.53. The van der Waals surface area contributed by atoms with Gasteiger partial charge in [-0.3, -0.25) is 18.9 Å². The standard InChI is InChI=1S/C13H19N2O7PS/c1-4-13-6-20-8(9(13)22-23(18,24)19-3)11(21-13)15-5-7(2)10(16)14-12(15)17/h5,8-9,11H,4,6H2,1-3H3,(H,18,24)(H,14,16,17)/t8?,9?,11-,13+,23?/m1/s1.